The number of thioether (sulfide) groups is 1. The molecule has 0 aromatic rings. The molecule has 0 atom stereocenters. The van der Waals surface area contributed by atoms with Gasteiger partial charge in [-0.25, -0.2) is 0 Å². The van der Waals surface area contributed by atoms with E-state index < -0.39 is 0 Å². The van der Waals surface area contributed by atoms with Gasteiger partial charge >= 0.3 is 0 Å². The van der Waals surface area contributed by atoms with E-state index in [2.05, 4.69) is 0 Å². The van der Waals surface area contributed by atoms with Gasteiger partial charge in [0.1, 0.15) is 10.9 Å². The summed E-state index contributed by atoms with van der Waals surface area (Å²) in [5, 5.41) is 8.25. The predicted molar refractivity (Wildman–Crippen MR) is 42.4 cm³/mol. The van der Waals surface area contributed by atoms with Crippen molar-refractivity contribution >= 4 is 34.2 Å². The Kier molecular flexibility index (Phi) is 2.25. The van der Waals surface area contributed by atoms with Crippen LogP contribution in [0.15, 0.2) is 0 Å². The van der Waals surface area contributed by atoms with Gasteiger partial charge in [-0.05, 0) is 0 Å². The van der Waals surface area contributed by atoms with E-state index in [4.69, 9.17) is 17.5 Å². The van der Waals surface area contributed by atoms with Crippen LogP contribution in [0.3, 0.4) is 0 Å². The third kappa shape index (κ3) is 1.28. The topological polar surface area (TPSA) is 44.1 Å². The summed E-state index contributed by atoms with van der Waals surface area (Å²) in [6.45, 7) is 0.0880. The minimum absolute atomic E-state index is 0.0587. The van der Waals surface area contributed by atoms with Crippen LogP contribution < -0.4 is 0 Å². The van der Waals surface area contributed by atoms with Crippen molar-refractivity contribution in [3.05, 3.63) is 0 Å². The van der Waals surface area contributed by atoms with Crippen LogP contribution in [0.4, 0.5) is 0 Å². The number of nitrogens with zero attached hydrogens (tertiary/aromatic N) is 2. The van der Waals surface area contributed by atoms with Crippen molar-refractivity contribution in [1.82, 2.24) is 4.90 Å². The van der Waals surface area contributed by atoms with Gasteiger partial charge in [-0.2, -0.15) is 5.26 Å². The highest BCUT2D eigenvalue weighted by Gasteiger charge is 2.25. The molecule has 1 saturated heterocycles. The zero-order chi connectivity index (χ0) is 7.56. The molecule has 1 amide bonds. The monoisotopic (exact) mass is 172 g/mol. The van der Waals surface area contributed by atoms with Crippen molar-refractivity contribution < 1.29 is 4.79 Å². The lowest BCUT2D eigenvalue weighted by atomic mass is 10.5. The van der Waals surface area contributed by atoms with Crippen molar-refractivity contribution in [3.63, 3.8) is 0 Å². The molecule has 0 saturated carbocycles. The zero-order valence-corrected chi connectivity index (χ0v) is 6.67. The molecule has 52 valence electrons. The SMILES string of the molecule is N#CCN1C(=O)CSC1=S. The maximum Gasteiger partial charge on any atom is 0.239 e. The summed E-state index contributed by atoms with van der Waals surface area (Å²) in [6.07, 6.45) is 0. The van der Waals surface area contributed by atoms with Gasteiger partial charge in [-0.15, -0.1) is 0 Å². The van der Waals surface area contributed by atoms with E-state index in [0.29, 0.717) is 10.1 Å². The Morgan fingerprint density at radius 3 is 3.00 bits per heavy atom. The molecular weight excluding hydrogens is 168 g/mol. The smallest absolute Gasteiger partial charge is 0.239 e. The van der Waals surface area contributed by atoms with Gasteiger partial charge < -0.3 is 0 Å². The van der Waals surface area contributed by atoms with Gasteiger partial charge in [0, 0.05) is 0 Å². The second-order valence-electron chi connectivity index (χ2n) is 1.69. The second-order valence-corrected chi connectivity index (χ2v) is 3.30. The number of nitriles is 1. The average molecular weight is 172 g/mol. The molecule has 3 nitrogen and oxygen atoms in total. The minimum atomic E-state index is -0.0587. The van der Waals surface area contributed by atoms with Crippen LogP contribution in [0, 0.1) is 11.3 Å². The third-order valence-corrected chi connectivity index (χ3v) is 2.50. The third-order valence-electron chi connectivity index (χ3n) is 1.07. The molecule has 1 aliphatic rings. The largest absolute Gasteiger partial charge is 0.283 e. The molecule has 1 fully saturated rings. The first kappa shape index (κ1) is 7.51. The first-order valence-electron chi connectivity index (χ1n) is 2.60. The molecule has 0 aromatic heterocycles. The van der Waals surface area contributed by atoms with Crippen molar-refractivity contribution in [3.8, 4) is 6.07 Å². The maximum atomic E-state index is 10.8. The molecule has 1 rings (SSSR count). The van der Waals surface area contributed by atoms with E-state index in [1.807, 2.05) is 6.07 Å². The quantitative estimate of drug-likeness (QED) is 0.423. The maximum absolute atomic E-state index is 10.8. The molecule has 0 bridgehead atoms. The highest BCUT2D eigenvalue weighted by Crippen LogP contribution is 2.17. The molecule has 0 N–H and O–H groups in total. The Balaban J connectivity index is 2.65. The number of carbonyl (C=O) groups is 1. The predicted octanol–water partition coefficient (Wildman–Crippen LogP) is 0.370. The van der Waals surface area contributed by atoms with Gasteiger partial charge in [0.2, 0.25) is 5.91 Å². The molecule has 0 aromatic carbocycles. The number of rotatable bonds is 1. The van der Waals surface area contributed by atoms with Gasteiger partial charge in [0.15, 0.2) is 0 Å². The van der Waals surface area contributed by atoms with E-state index in [1.54, 1.807) is 0 Å². The zero-order valence-electron chi connectivity index (χ0n) is 5.03. The summed E-state index contributed by atoms with van der Waals surface area (Å²) < 4.78 is 0.520. The molecular formula is C5H4N2OS2. The van der Waals surface area contributed by atoms with Gasteiger partial charge in [-0.1, -0.05) is 24.0 Å². The minimum Gasteiger partial charge on any atom is -0.283 e. The molecule has 0 unspecified atom stereocenters. The summed E-state index contributed by atoms with van der Waals surface area (Å²) in [5.41, 5.74) is 0. The second kappa shape index (κ2) is 2.99. The average Bonchev–Trinajstić information content (AvgIpc) is 2.20. The first-order valence-corrected chi connectivity index (χ1v) is 3.99. The van der Waals surface area contributed by atoms with Crippen molar-refractivity contribution in [2.75, 3.05) is 12.3 Å². The normalized spacial score (nSPS) is 17.7. The van der Waals surface area contributed by atoms with E-state index in [0.717, 1.165) is 0 Å². The molecule has 1 heterocycles. The van der Waals surface area contributed by atoms with Crippen LogP contribution in [0.25, 0.3) is 0 Å². The van der Waals surface area contributed by atoms with E-state index in [-0.39, 0.29) is 12.5 Å². The lowest BCUT2D eigenvalue weighted by Gasteiger charge is -2.07. The van der Waals surface area contributed by atoms with Gasteiger partial charge in [0.05, 0.1) is 11.8 Å². The van der Waals surface area contributed by atoms with E-state index >= 15 is 0 Å². The Bertz CT molecular complexity index is 204. The molecule has 1 aliphatic heterocycles. The van der Waals surface area contributed by atoms with Crippen LogP contribution in [0.1, 0.15) is 0 Å². The van der Waals surface area contributed by atoms with Crippen LogP contribution in [0.5, 0.6) is 0 Å². The summed E-state index contributed by atoms with van der Waals surface area (Å²) in [7, 11) is 0. The lowest BCUT2D eigenvalue weighted by molar-refractivity contribution is -0.123. The highest BCUT2D eigenvalue weighted by atomic mass is 32.2. The van der Waals surface area contributed by atoms with E-state index in [9.17, 15) is 4.79 Å². The summed E-state index contributed by atoms with van der Waals surface area (Å²) >= 11 is 6.11. The van der Waals surface area contributed by atoms with Crippen molar-refractivity contribution in [2.45, 2.75) is 0 Å². The van der Waals surface area contributed by atoms with Crippen molar-refractivity contribution in [2.24, 2.45) is 0 Å². The Morgan fingerprint density at radius 1 is 1.90 bits per heavy atom. The molecule has 0 radical (unpaired) electrons. The first-order chi connectivity index (χ1) is 4.75. The number of hydrogen-bond donors (Lipinski definition) is 0. The number of thiocarbonyl (C=S) groups is 1. The fourth-order valence-electron chi connectivity index (χ4n) is 0.605. The standard InChI is InChI=1S/C5H4N2OS2/c6-1-2-7-4(8)3-10-5(7)9/h2-3H2. The van der Waals surface area contributed by atoms with Crippen molar-refractivity contribution in [1.29, 1.82) is 5.26 Å². The Labute approximate surface area is 68.0 Å². The molecule has 0 spiro atoms. The number of hydrogen-bond acceptors (Lipinski definition) is 4. The van der Waals surface area contributed by atoms with Crippen LogP contribution in [-0.4, -0.2) is 27.4 Å². The van der Waals surface area contributed by atoms with Crippen LogP contribution >= 0.6 is 24.0 Å². The number of amides is 1. The Morgan fingerprint density at radius 2 is 2.60 bits per heavy atom. The van der Waals surface area contributed by atoms with E-state index in [1.165, 1.54) is 16.7 Å². The van der Waals surface area contributed by atoms with Crippen LogP contribution in [-0.2, 0) is 4.79 Å². The van der Waals surface area contributed by atoms with Crippen LogP contribution in [0.2, 0.25) is 0 Å². The fourth-order valence-corrected chi connectivity index (χ4v) is 1.67. The lowest BCUT2D eigenvalue weighted by Crippen LogP contribution is -2.28. The summed E-state index contributed by atoms with van der Waals surface area (Å²) in [5.74, 6) is 0.331. The molecule has 10 heavy (non-hydrogen) atoms. The number of carbonyl (C=O) groups excluding carboxylic acids is 1. The highest BCUT2D eigenvalue weighted by molar-refractivity contribution is 8.23. The Hall–Kier alpha value is -0.600. The van der Waals surface area contributed by atoms with Gasteiger partial charge in [0.25, 0.3) is 0 Å². The fraction of sp³-hybridized carbons (Fsp3) is 0.400. The summed E-state index contributed by atoms with van der Waals surface area (Å²) in [6, 6.07) is 1.87. The molecule has 0 aliphatic carbocycles. The molecule has 5 heteroatoms. The summed E-state index contributed by atoms with van der Waals surface area (Å²) in [4.78, 5) is 12.2. The van der Waals surface area contributed by atoms with Gasteiger partial charge in [-0.3, -0.25) is 9.69 Å².